The van der Waals surface area contributed by atoms with Gasteiger partial charge in [-0.15, -0.1) is 0 Å². The fraction of sp³-hybridized carbons (Fsp3) is 0.208. The van der Waals surface area contributed by atoms with Crippen LogP contribution in [0.3, 0.4) is 0 Å². The lowest BCUT2D eigenvalue weighted by atomic mass is 10.1. The van der Waals surface area contributed by atoms with Crippen molar-refractivity contribution in [2.24, 2.45) is 0 Å². The number of carbonyl (C=O) groups excluding carboxylic acids is 1. The van der Waals surface area contributed by atoms with E-state index in [-0.39, 0.29) is 10.8 Å². The SMILES string of the molecule is Cc1ccc(NS(=O)(=O)c2ccc(NC(=O)[C@H](C)Oc3cc(C)cc(C)c3)cc2)cc1. The summed E-state index contributed by atoms with van der Waals surface area (Å²) < 4.78 is 33.4. The third kappa shape index (κ3) is 6.08. The zero-order valence-corrected chi connectivity index (χ0v) is 18.8. The number of sulfonamides is 1. The highest BCUT2D eigenvalue weighted by molar-refractivity contribution is 7.92. The molecule has 6 nitrogen and oxygen atoms in total. The molecule has 0 aliphatic heterocycles. The first-order chi connectivity index (χ1) is 14.6. The molecule has 31 heavy (non-hydrogen) atoms. The molecule has 2 N–H and O–H groups in total. The monoisotopic (exact) mass is 438 g/mol. The van der Waals surface area contributed by atoms with Crippen LogP contribution in [0.4, 0.5) is 11.4 Å². The van der Waals surface area contributed by atoms with Gasteiger partial charge in [0.15, 0.2) is 6.10 Å². The maximum atomic E-state index is 12.6. The highest BCUT2D eigenvalue weighted by Gasteiger charge is 2.17. The summed E-state index contributed by atoms with van der Waals surface area (Å²) in [6.07, 6.45) is -0.715. The molecule has 0 aliphatic rings. The van der Waals surface area contributed by atoms with Gasteiger partial charge in [0.25, 0.3) is 15.9 Å². The lowest BCUT2D eigenvalue weighted by Gasteiger charge is -2.16. The van der Waals surface area contributed by atoms with Gasteiger partial charge in [0.2, 0.25) is 0 Å². The average molecular weight is 439 g/mol. The Morgan fingerprint density at radius 3 is 1.94 bits per heavy atom. The fourth-order valence-electron chi connectivity index (χ4n) is 3.06. The number of hydrogen-bond acceptors (Lipinski definition) is 4. The predicted molar refractivity (Wildman–Crippen MR) is 123 cm³/mol. The molecule has 0 unspecified atom stereocenters. The van der Waals surface area contributed by atoms with E-state index >= 15 is 0 Å². The maximum absolute atomic E-state index is 12.6. The van der Waals surface area contributed by atoms with E-state index in [1.807, 2.05) is 51.1 Å². The first-order valence-corrected chi connectivity index (χ1v) is 11.4. The molecule has 0 saturated carbocycles. The van der Waals surface area contributed by atoms with Crippen molar-refractivity contribution < 1.29 is 17.9 Å². The maximum Gasteiger partial charge on any atom is 0.265 e. The number of ether oxygens (including phenoxy) is 1. The second-order valence-electron chi connectivity index (χ2n) is 7.57. The molecule has 0 aromatic heterocycles. The lowest BCUT2D eigenvalue weighted by molar-refractivity contribution is -0.122. The first kappa shape index (κ1) is 22.4. The summed E-state index contributed by atoms with van der Waals surface area (Å²) in [5.41, 5.74) is 4.12. The van der Waals surface area contributed by atoms with Crippen molar-refractivity contribution in [1.29, 1.82) is 0 Å². The molecule has 3 aromatic carbocycles. The molecule has 0 fully saturated rings. The Hall–Kier alpha value is -3.32. The molecule has 162 valence electrons. The van der Waals surface area contributed by atoms with Crippen molar-refractivity contribution in [3.05, 3.63) is 83.4 Å². The van der Waals surface area contributed by atoms with Crippen LogP contribution in [0.15, 0.2) is 71.6 Å². The summed E-state index contributed by atoms with van der Waals surface area (Å²) in [6, 6.07) is 18.8. The summed E-state index contributed by atoms with van der Waals surface area (Å²) in [5, 5.41) is 2.75. The number of benzene rings is 3. The van der Waals surface area contributed by atoms with Crippen LogP contribution in [0.5, 0.6) is 5.75 Å². The summed E-state index contributed by atoms with van der Waals surface area (Å²) in [5.74, 6) is 0.302. The van der Waals surface area contributed by atoms with Gasteiger partial charge in [0.05, 0.1) is 4.90 Å². The third-order valence-corrected chi connectivity index (χ3v) is 6.01. The van der Waals surface area contributed by atoms with E-state index in [9.17, 15) is 13.2 Å². The number of hydrogen-bond donors (Lipinski definition) is 2. The van der Waals surface area contributed by atoms with Crippen LogP contribution in [0.25, 0.3) is 0 Å². The van der Waals surface area contributed by atoms with E-state index in [1.54, 1.807) is 31.2 Å². The van der Waals surface area contributed by atoms with Crippen LogP contribution < -0.4 is 14.8 Å². The first-order valence-electron chi connectivity index (χ1n) is 9.88. The fourth-order valence-corrected chi connectivity index (χ4v) is 4.11. The number of anilines is 2. The van der Waals surface area contributed by atoms with Crippen molar-refractivity contribution >= 4 is 27.3 Å². The van der Waals surface area contributed by atoms with E-state index in [4.69, 9.17) is 4.74 Å². The van der Waals surface area contributed by atoms with Crippen molar-refractivity contribution in [3.63, 3.8) is 0 Å². The molecule has 0 heterocycles. The van der Waals surface area contributed by atoms with Crippen molar-refractivity contribution in [1.82, 2.24) is 0 Å². The Balaban J connectivity index is 1.63. The van der Waals surface area contributed by atoms with Gasteiger partial charge in [-0.1, -0.05) is 23.8 Å². The van der Waals surface area contributed by atoms with E-state index in [2.05, 4.69) is 10.0 Å². The average Bonchev–Trinajstić information content (AvgIpc) is 2.69. The van der Waals surface area contributed by atoms with Crippen molar-refractivity contribution in [2.75, 3.05) is 10.0 Å². The third-order valence-electron chi connectivity index (χ3n) is 4.61. The molecule has 0 bridgehead atoms. The molecule has 0 spiro atoms. The number of nitrogens with one attached hydrogen (secondary N) is 2. The van der Waals surface area contributed by atoms with Gasteiger partial charge in [0, 0.05) is 11.4 Å². The Bertz CT molecular complexity index is 1150. The van der Waals surface area contributed by atoms with Crippen LogP contribution in [0.2, 0.25) is 0 Å². The summed E-state index contributed by atoms with van der Waals surface area (Å²) in [6.45, 7) is 7.53. The van der Waals surface area contributed by atoms with E-state index in [0.717, 1.165) is 16.7 Å². The van der Waals surface area contributed by atoms with Crippen LogP contribution in [-0.2, 0) is 14.8 Å². The van der Waals surface area contributed by atoms with Crippen molar-refractivity contribution in [3.8, 4) is 5.75 Å². The van der Waals surface area contributed by atoms with Gasteiger partial charge in [-0.3, -0.25) is 9.52 Å². The van der Waals surface area contributed by atoms with Crippen LogP contribution in [-0.4, -0.2) is 20.4 Å². The number of rotatable bonds is 7. The standard InChI is InChI=1S/C24H26N2O4S/c1-16-5-7-21(8-6-16)26-31(28,29)23-11-9-20(10-12-23)25-24(27)19(4)30-22-14-17(2)13-18(3)15-22/h5-15,19,26H,1-4H3,(H,25,27)/t19-/m0/s1. The second kappa shape index (κ2) is 9.22. The van der Waals surface area contributed by atoms with Crippen LogP contribution in [0, 0.1) is 20.8 Å². The van der Waals surface area contributed by atoms with Crippen LogP contribution in [0.1, 0.15) is 23.6 Å². The molecule has 1 amide bonds. The minimum absolute atomic E-state index is 0.102. The minimum Gasteiger partial charge on any atom is -0.481 e. The minimum atomic E-state index is -3.72. The normalized spacial score (nSPS) is 12.1. The van der Waals surface area contributed by atoms with Gasteiger partial charge in [0.1, 0.15) is 5.75 Å². The molecular formula is C24H26N2O4S. The molecule has 0 radical (unpaired) electrons. The molecule has 1 atom stereocenters. The van der Waals surface area contributed by atoms with Gasteiger partial charge in [-0.2, -0.15) is 0 Å². The summed E-state index contributed by atoms with van der Waals surface area (Å²) in [4.78, 5) is 12.6. The molecular weight excluding hydrogens is 412 g/mol. The molecule has 0 saturated heterocycles. The molecule has 0 aliphatic carbocycles. The number of aryl methyl sites for hydroxylation is 3. The Morgan fingerprint density at radius 1 is 0.806 bits per heavy atom. The predicted octanol–water partition coefficient (Wildman–Crippen LogP) is 4.82. The molecule has 3 rings (SSSR count). The van der Waals surface area contributed by atoms with E-state index in [1.165, 1.54) is 12.1 Å². The Kier molecular flexibility index (Phi) is 6.65. The van der Waals surface area contributed by atoms with Gasteiger partial charge >= 0.3 is 0 Å². The molecule has 3 aromatic rings. The van der Waals surface area contributed by atoms with E-state index < -0.39 is 16.1 Å². The highest BCUT2D eigenvalue weighted by Crippen LogP contribution is 2.20. The lowest BCUT2D eigenvalue weighted by Crippen LogP contribution is -2.30. The molecule has 7 heteroatoms. The van der Waals surface area contributed by atoms with Gasteiger partial charge < -0.3 is 10.1 Å². The topological polar surface area (TPSA) is 84.5 Å². The Morgan fingerprint density at radius 2 is 1.35 bits per heavy atom. The van der Waals surface area contributed by atoms with Crippen LogP contribution >= 0.6 is 0 Å². The quantitative estimate of drug-likeness (QED) is 0.554. The number of amides is 1. The number of carbonyl (C=O) groups is 1. The highest BCUT2D eigenvalue weighted by atomic mass is 32.2. The van der Waals surface area contributed by atoms with Gasteiger partial charge in [-0.05, 0) is 87.4 Å². The second-order valence-corrected chi connectivity index (χ2v) is 9.25. The summed E-state index contributed by atoms with van der Waals surface area (Å²) in [7, 11) is -3.72. The van der Waals surface area contributed by atoms with Gasteiger partial charge in [-0.25, -0.2) is 8.42 Å². The zero-order chi connectivity index (χ0) is 22.6. The smallest absolute Gasteiger partial charge is 0.265 e. The summed E-state index contributed by atoms with van der Waals surface area (Å²) >= 11 is 0. The van der Waals surface area contributed by atoms with E-state index in [0.29, 0.717) is 17.1 Å². The zero-order valence-electron chi connectivity index (χ0n) is 18.0. The van der Waals surface area contributed by atoms with Crippen molar-refractivity contribution in [2.45, 2.75) is 38.7 Å². The largest absolute Gasteiger partial charge is 0.481 e. The Labute approximate surface area is 183 Å².